The first-order valence-corrected chi connectivity index (χ1v) is 24.6. The van der Waals surface area contributed by atoms with Gasteiger partial charge >= 0.3 is 0 Å². The van der Waals surface area contributed by atoms with Crippen molar-refractivity contribution < 1.29 is 27.6 Å². The van der Waals surface area contributed by atoms with E-state index in [2.05, 4.69) is 33.7 Å². The van der Waals surface area contributed by atoms with Crippen LogP contribution in [-0.4, -0.2) is 47.8 Å². The van der Waals surface area contributed by atoms with E-state index in [4.69, 9.17) is 4.42 Å². The van der Waals surface area contributed by atoms with E-state index in [-0.39, 0.29) is 16.4 Å². The molecule has 6 aromatic rings. The second-order valence-corrected chi connectivity index (χ2v) is 19.7. The number of thioether (sulfide) groups is 2. The third-order valence-electron chi connectivity index (χ3n) is 11.3. The molecule has 0 atom stereocenters. The van der Waals surface area contributed by atoms with Gasteiger partial charge in [-0.2, -0.15) is 4.58 Å². The summed E-state index contributed by atoms with van der Waals surface area (Å²) >= 11 is 3.60. The number of phenolic OH excluding ortho intramolecular Hbond substituents is 2. The molecule has 0 saturated carbocycles. The molecule has 326 valence electrons. The van der Waals surface area contributed by atoms with E-state index < -0.39 is 10.1 Å². The summed E-state index contributed by atoms with van der Waals surface area (Å²) in [5.74, 6) is 2.68. The molecule has 8 rings (SSSR count). The minimum Gasteiger partial charge on any atom is -0.744 e. The van der Waals surface area contributed by atoms with E-state index in [0.717, 1.165) is 69.0 Å². The maximum atomic E-state index is 12.9. The predicted octanol–water partition coefficient (Wildman–Crippen LogP) is 12.4. The average Bonchev–Trinajstić information content (AvgIpc) is 3.26. The van der Waals surface area contributed by atoms with Gasteiger partial charge in [-0.15, -0.1) is 23.5 Å². The van der Waals surface area contributed by atoms with Gasteiger partial charge < -0.3 is 24.1 Å². The Hall–Kier alpha value is -5.98. The molecule has 0 spiro atoms. The standard InChI is InChI=1S/C53H50N2O6S3/c1-35-29-41(56)30-36(2)52(35)54(25-13-27-62-43-15-7-5-8-16-43)39-21-23-45-48(33-39)61-49-34-40(22-24-46(49)51(45)47-19-11-12-20-50(47)64(58,59)60)55(53-37(3)31-42(57)32-38(53)4)26-14-28-63-44-17-9-6-10-18-44/h5-12,15-24,29-34H,13-14,25-28H2,1-4H3,(H2-,56,57,58,59,60). The fraction of sp³-hybridized carbons (Fsp3) is 0.189. The van der Waals surface area contributed by atoms with E-state index in [9.17, 15) is 23.2 Å². The molecule has 2 N–H and O–H groups in total. The Bertz CT molecular complexity index is 3070. The molecular formula is C53H50N2O6S3. The van der Waals surface area contributed by atoms with E-state index in [1.54, 1.807) is 66.0 Å². The van der Waals surface area contributed by atoms with Crippen molar-refractivity contribution in [2.75, 3.05) is 29.5 Å². The van der Waals surface area contributed by atoms with E-state index in [1.165, 1.54) is 15.9 Å². The quantitative estimate of drug-likeness (QED) is 0.0341. The van der Waals surface area contributed by atoms with Gasteiger partial charge in [0.05, 0.1) is 11.0 Å². The maximum absolute atomic E-state index is 12.9. The molecule has 0 fully saturated rings. The van der Waals surface area contributed by atoms with Crippen LogP contribution in [0.1, 0.15) is 35.1 Å². The Morgan fingerprint density at radius 2 is 1.22 bits per heavy atom. The Labute approximate surface area is 383 Å². The molecule has 1 aliphatic carbocycles. The fourth-order valence-corrected chi connectivity index (χ4v) is 11.1. The van der Waals surface area contributed by atoms with Gasteiger partial charge in [0.15, 0.2) is 0 Å². The van der Waals surface area contributed by atoms with Crippen LogP contribution in [0.3, 0.4) is 0 Å². The van der Waals surface area contributed by atoms with Crippen molar-refractivity contribution in [1.29, 1.82) is 0 Å². The van der Waals surface area contributed by atoms with Crippen molar-refractivity contribution >= 4 is 61.7 Å². The lowest BCUT2D eigenvalue weighted by molar-refractivity contribution is 0.463. The Morgan fingerprint density at radius 1 is 0.641 bits per heavy atom. The highest BCUT2D eigenvalue weighted by Gasteiger charge is 2.25. The molecular weight excluding hydrogens is 857 g/mol. The third kappa shape index (κ3) is 9.88. The minimum absolute atomic E-state index is 0.201. The lowest BCUT2D eigenvalue weighted by Gasteiger charge is -2.29. The van der Waals surface area contributed by atoms with Crippen LogP contribution in [0.15, 0.2) is 165 Å². The van der Waals surface area contributed by atoms with Crippen LogP contribution in [0.4, 0.5) is 17.1 Å². The molecule has 1 aliphatic heterocycles. The molecule has 6 aromatic carbocycles. The monoisotopic (exact) mass is 906 g/mol. The van der Waals surface area contributed by atoms with Gasteiger partial charge in [-0.3, -0.25) is 0 Å². The number of fused-ring (bicyclic) bond motifs is 2. The van der Waals surface area contributed by atoms with Crippen molar-refractivity contribution in [2.45, 2.75) is 55.2 Å². The molecule has 0 amide bonds. The van der Waals surface area contributed by atoms with Gasteiger partial charge in [-0.25, -0.2) is 8.42 Å². The van der Waals surface area contributed by atoms with E-state index >= 15 is 0 Å². The molecule has 0 aromatic heterocycles. The lowest BCUT2D eigenvalue weighted by Crippen LogP contribution is -2.28. The highest BCUT2D eigenvalue weighted by Crippen LogP contribution is 2.44. The van der Waals surface area contributed by atoms with Crippen LogP contribution >= 0.6 is 23.5 Å². The van der Waals surface area contributed by atoms with Crippen LogP contribution in [0.5, 0.6) is 11.5 Å². The summed E-state index contributed by atoms with van der Waals surface area (Å²) in [4.78, 5) is 4.36. The molecule has 64 heavy (non-hydrogen) atoms. The van der Waals surface area contributed by atoms with Crippen molar-refractivity contribution in [1.82, 2.24) is 4.58 Å². The number of nitrogens with zero attached hydrogens (tertiary/aromatic N) is 2. The number of aromatic hydroxyl groups is 2. The van der Waals surface area contributed by atoms with Crippen LogP contribution in [-0.2, 0) is 10.1 Å². The first kappa shape index (κ1) is 44.6. The van der Waals surface area contributed by atoms with Crippen molar-refractivity contribution in [3.63, 3.8) is 0 Å². The molecule has 0 bridgehead atoms. The number of phenols is 2. The summed E-state index contributed by atoms with van der Waals surface area (Å²) in [6, 6.07) is 46.0. The lowest BCUT2D eigenvalue weighted by atomic mass is 9.93. The predicted molar refractivity (Wildman–Crippen MR) is 262 cm³/mol. The molecule has 11 heteroatoms. The summed E-state index contributed by atoms with van der Waals surface area (Å²) in [7, 11) is -4.87. The number of rotatable bonds is 15. The van der Waals surface area contributed by atoms with Gasteiger partial charge in [0.2, 0.25) is 11.0 Å². The fourth-order valence-electron chi connectivity index (χ4n) is 8.70. The Balaban J connectivity index is 1.32. The second kappa shape index (κ2) is 19.4. The zero-order chi connectivity index (χ0) is 45.0. The van der Waals surface area contributed by atoms with Crippen LogP contribution in [0, 0.1) is 27.7 Å². The van der Waals surface area contributed by atoms with Crippen LogP contribution < -0.4 is 14.8 Å². The number of hydrogen-bond donors (Lipinski definition) is 2. The maximum Gasteiger partial charge on any atom is 0.211 e. The smallest absolute Gasteiger partial charge is 0.211 e. The summed E-state index contributed by atoms with van der Waals surface area (Å²) in [5.41, 5.74) is 8.54. The topological polar surface area (TPSA) is 117 Å². The first-order valence-electron chi connectivity index (χ1n) is 21.3. The summed E-state index contributed by atoms with van der Waals surface area (Å²) in [6.07, 6.45) is 1.71. The second-order valence-electron chi connectivity index (χ2n) is 16.0. The largest absolute Gasteiger partial charge is 0.744 e. The Kier molecular flexibility index (Phi) is 13.5. The normalized spacial score (nSPS) is 12.2. The first-order chi connectivity index (χ1) is 30.9. The minimum atomic E-state index is -4.87. The number of anilines is 2. The van der Waals surface area contributed by atoms with Gasteiger partial charge in [-0.1, -0.05) is 54.6 Å². The third-order valence-corrected chi connectivity index (χ3v) is 14.4. The Morgan fingerprint density at radius 3 is 1.84 bits per heavy atom. The van der Waals surface area contributed by atoms with Crippen molar-refractivity contribution in [3.05, 3.63) is 173 Å². The summed E-state index contributed by atoms with van der Waals surface area (Å²) < 4.78 is 47.8. The molecule has 8 nitrogen and oxygen atoms in total. The van der Waals surface area contributed by atoms with Gasteiger partial charge in [0.25, 0.3) is 0 Å². The number of aryl methyl sites for hydroxylation is 4. The zero-order valence-corrected chi connectivity index (χ0v) is 38.7. The molecule has 0 radical (unpaired) electrons. The highest BCUT2D eigenvalue weighted by atomic mass is 32.2. The van der Waals surface area contributed by atoms with Gasteiger partial charge in [0.1, 0.15) is 39.5 Å². The SMILES string of the molecule is Cc1cc(O)cc(C)c1N(CCCSc1ccccc1)c1ccc2c(-c3ccccc3S(=O)(=O)[O-])c3ccc(=[N+](CCCSc4ccccc4)c4c(C)cc(O)cc4C)cc-3oc2c1. The van der Waals surface area contributed by atoms with Gasteiger partial charge in [0, 0.05) is 85.2 Å². The van der Waals surface area contributed by atoms with Crippen LogP contribution in [0.25, 0.3) is 33.4 Å². The molecule has 2 aliphatic rings. The number of hydrogen-bond acceptors (Lipinski definition) is 9. The molecule has 1 heterocycles. The summed E-state index contributed by atoms with van der Waals surface area (Å²) in [5, 5.41) is 22.6. The molecule has 0 unspecified atom stereocenters. The number of benzene rings is 7. The molecule has 0 saturated heterocycles. The zero-order valence-electron chi connectivity index (χ0n) is 36.2. The van der Waals surface area contributed by atoms with Crippen molar-refractivity contribution in [2.24, 2.45) is 0 Å². The van der Waals surface area contributed by atoms with Crippen LogP contribution in [0.2, 0.25) is 0 Å². The average molecular weight is 907 g/mol. The highest BCUT2D eigenvalue weighted by molar-refractivity contribution is 7.99. The van der Waals surface area contributed by atoms with E-state index in [1.807, 2.05) is 100 Å². The van der Waals surface area contributed by atoms with Crippen molar-refractivity contribution in [3.8, 4) is 33.9 Å². The van der Waals surface area contributed by atoms with Gasteiger partial charge in [-0.05, 0) is 124 Å². The van der Waals surface area contributed by atoms with E-state index in [0.29, 0.717) is 46.5 Å². The summed E-state index contributed by atoms with van der Waals surface area (Å²) in [6.45, 7) is 9.32.